The molecule has 122 valence electrons. The Morgan fingerprint density at radius 1 is 1.26 bits per heavy atom. The molecular formula is C15H21N7O. The molecule has 0 aliphatic carbocycles. The van der Waals surface area contributed by atoms with E-state index in [1.54, 1.807) is 0 Å². The molecule has 1 aliphatic rings. The average molecular weight is 315 g/mol. The normalized spacial score (nSPS) is 14.8. The van der Waals surface area contributed by atoms with Crippen molar-refractivity contribution < 1.29 is 4.79 Å². The van der Waals surface area contributed by atoms with E-state index in [9.17, 15) is 4.79 Å². The lowest BCUT2D eigenvalue weighted by atomic mass is 10.1. The van der Waals surface area contributed by atoms with Gasteiger partial charge in [-0.3, -0.25) is 0 Å². The predicted octanol–water partition coefficient (Wildman–Crippen LogP) is 1.86. The number of hydrogen-bond acceptors (Lipinski definition) is 5. The highest BCUT2D eigenvalue weighted by Gasteiger charge is 2.28. The highest BCUT2D eigenvalue weighted by Crippen LogP contribution is 2.28. The number of rotatable bonds is 4. The molecule has 0 atom stereocenters. The maximum absolute atomic E-state index is 12.4. The van der Waals surface area contributed by atoms with Crippen molar-refractivity contribution in [1.82, 2.24) is 25.9 Å². The van der Waals surface area contributed by atoms with Gasteiger partial charge >= 0.3 is 6.03 Å². The number of para-hydroxylation sites is 2. The van der Waals surface area contributed by atoms with Crippen LogP contribution in [0.25, 0.3) is 0 Å². The molecule has 1 fully saturated rings. The zero-order chi connectivity index (χ0) is 16.3. The Morgan fingerprint density at radius 2 is 2.00 bits per heavy atom. The summed E-state index contributed by atoms with van der Waals surface area (Å²) in [5.74, 6) is 0.431. The van der Waals surface area contributed by atoms with Crippen molar-refractivity contribution in [2.75, 3.05) is 23.3 Å². The standard InChI is InChI=1S/C15H21N7O/c1-15(2,13-18-20-21-19-13)17-14(23)16-11-7-3-4-8-12(11)22-9-5-6-10-22/h3-4,7-8H,5-6,9-10H2,1-2H3,(H2,16,17,23)(H,18,19,20,21). The van der Waals surface area contributed by atoms with Gasteiger partial charge in [-0.1, -0.05) is 17.3 Å². The number of carbonyl (C=O) groups is 1. The predicted molar refractivity (Wildman–Crippen MR) is 87.2 cm³/mol. The maximum Gasteiger partial charge on any atom is 0.320 e. The van der Waals surface area contributed by atoms with Crippen molar-refractivity contribution in [1.29, 1.82) is 0 Å². The van der Waals surface area contributed by atoms with Crippen molar-refractivity contribution in [3.05, 3.63) is 30.1 Å². The lowest BCUT2D eigenvalue weighted by Crippen LogP contribution is -2.44. The quantitative estimate of drug-likeness (QED) is 0.800. The van der Waals surface area contributed by atoms with Gasteiger partial charge in [0, 0.05) is 13.1 Å². The molecule has 0 saturated carbocycles. The van der Waals surface area contributed by atoms with Gasteiger partial charge in [-0.25, -0.2) is 4.79 Å². The zero-order valence-corrected chi connectivity index (χ0v) is 13.3. The van der Waals surface area contributed by atoms with Crippen LogP contribution in [0.4, 0.5) is 16.2 Å². The number of carbonyl (C=O) groups excluding carboxylic acids is 1. The topological polar surface area (TPSA) is 98.8 Å². The molecular weight excluding hydrogens is 294 g/mol. The number of benzene rings is 1. The van der Waals surface area contributed by atoms with Gasteiger partial charge < -0.3 is 15.5 Å². The summed E-state index contributed by atoms with van der Waals surface area (Å²) < 4.78 is 0. The molecule has 0 radical (unpaired) electrons. The highest BCUT2D eigenvalue weighted by atomic mass is 16.2. The molecule has 1 saturated heterocycles. The second-order valence-corrected chi connectivity index (χ2v) is 6.15. The minimum absolute atomic E-state index is 0.300. The number of tetrazole rings is 1. The second-order valence-electron chi connectivity index (χ2n) is 6.15. The Morgan fingerprint density at radius 3 is 2.70 bits per heavy atom. The third-order valence-corrected chi connectivity index (χ3v) is 3.93. The fraction of sp³-hybridized carbons (Fsp3) is 0.467. The van der Waals surface area contributed by atoms with E-state index >= 15 is 0 Å². The smallest absolute Gasteiger partial charge is 0.320 e. The zero-order valence-electron chi connectivity index (χ0n) is 13.3. The van der Waals surface area contributed by atoms with E-state index in [4.69, 9.17) is 0 Å². The summed E-state index contributed by atoms with van der Waals surface area (Å²) in [6, 6.07) is 7.55. The van der Waals surface area contributed by atoms with E-state index in [1.807, 2.05) is 38.1 Å². The van der Waals surface area contributed by atoms with E-state index in [2.05, 4.69) is 36.2 Å². The van der Waals surface area contributed by atoms with Crippen molar-refractivity contribution in [3.8, 4) is 0 Å². The Labute approximate surface area is 134 Å². The number of H-pyrrole nitrogens is 1. The molecule has 8 nitrogen and oxygen atoms in total. The first-order valence-corrected chi connectivity index (χ1v) is 7.73. The van der Waals surface area contributed by atoms with E-state index in [0.29, 0.717) is 5.82 Å². The molecule has 2 heterocycles. The molecule has 23 heavy (non-hydrogen) atoms. The fourth-order valence-corrected chi connectivity index (χ4v) is 2.73. The number of anilines is 2. The van der Waals surface area contributed by atoms with Crippen LogP contribution in [0.1, 0.15) is 32.5 Å². The van der Waals surface area contributed by atoms with Crippen LogP contribution in [0, 0.1) is 0 Å². The number of nitrogens with zero attached hydrogens (tertiary/aromatic N) is 4. The minimum Gasteiger partial charge on any atom is -0.370 e. The number of aromatic nitrogens is 4. The Bertz CT molecular complexity index is 662. The van der Waals surface area contributed by atoms with Gasteiger partial charge in [0.2, 0.25) is 0 Å². The monoisotopic (exact) mass is 315 g/mol. The summed E-state index contributed by atoms with van der Waals surface area (Å²) >= 11 is 0. The summed E-state index contributed by atoms with van der Waals surface area (Å²) in [6.07, 6.45) is 2.37. The third kappa shape index (κ3) is 3.41. The number of urea groups is 1. The summed E-state index contributed by atoms with van der Waals surface area (Å²) in [6.45, 7) is 5.69. The molecule has 2 aromatic rings. The number of nitrogens with one attached hydrogen (secondary N) is 3. The Kier molecular flexibility index (Phi) is 4.14. The lowest BCUT2D eigenvalue weighted by molar-refractivity contribution is 0.240. The SMILES string of the molecule is CC(C)(NC(=O)Nc1ccccc1N1CCCC1)c1nn[nH]n1. The highest BCUT2D eigenvalue weighted by molar-refractivity contribution is 5.93. The minimum atomic E-state index is -0.723. The lowest BCUT2D eigenvalue weighted by Gasteiger charge is -2.25. The average Bonchev–Trinajstić information content (AvgIpc) is 3.21. The molecule has 3 N–H and O–H groups in total. The van der Waals surface area contributed by atoms with Crippen LogP contribution in [0.3, 0.4) is 0 Å². The Hall–Kier alpha value is -2.64. The fourth-order valence-electron chi connectivity index (χ4n) is 2.73. The summed E-state index contributed by atoms with van der Waals surface area (Å²) in [5, 5.41) is 19.6. The molecule has 0 spiro atoms. The first-order valence-electron chi connectivity index (χ1n) is 7.73. The maximum atomic E-state index is 12.4. The Balaban J connectivity index is 1.71. The molecule has 2 amide bonds. The third-order valence-electron chi connectivity index (χ3n) is 3.93. The van der Waals surface area contributed by atoms with Crippen LogP contribution >= 0.6 is 0 Å². The van der Waals surface area contributed by atoms with Gasteiger partial charge in [-0.05, 0) is 38.8 Å². The van der Waals surface area contributed by atoms with Gasteiger partial charge in [0.25, 0.3) is 0 Å². The van der Waals surface area contributed by atoms with Crippen LogP contribution < -0.4 is 15.5 Å². The van der Waals surface area contributed by atoms with E-state index < -0.39 is 5.54 Å². The molecule has 8 heteroatoms. The van der Waals surface area contributed by atoms with Gasteiger partial charge in [0.05, 0.1) is 16.9 Å². The first-order chi connectivity index (χ1) is 11.1. The van der Waals surface area contributed by atoms with Gasteiger partial charge in [-0.2, -0.15) is 5.21 Å². The number of amides is 2. The first kappa shape index (κ1) is 15.3. The summed E-state index contributed by atoms with van der Waals surface area (Å²) in [5.41, 5.74) is 1.13. The van der Waals surface area contributed by atoms with Crippen LogP contribution in [0.5, 0.6) is 0 Å². The molecule has 1 aromatic carbocycles. The van der Waals surface area contributed by atoms with Crippen LogP contribution in [-0.4, -0.2) is 39.7 Å². The molecule has 1 aliphatic heterocycles. The summed E-state index contributed by atoms with van der Waals surface area (Å²) in [7, 11) is 0. The molecule has 0 unspecified atom stereocenters. The van der Waals surface area contributed by atoms with E-state index in [-0.39, 0.29) is 6.03 Å². The molecule has 0 bridgehead atoms. The van der Waals surface area contributed by atoms with Crippen molar-refractivity contribution in [2.24, 2.45) is 0 Å². The summed E-state index contributed by atoms with van der Waals surface area (Å²) in [4.78, 5) is 14.7. The van der Waals surface area contributed by atoms with Crippen LogP contribution in [-0.2, 0) is 5.54 Å². The van der Waals surface area contributed by atoms with Crippen LogP contribution in [0.15, 0.2) is 24.3 Å². The van der Waals surface area contributed by atoms with Crippen molar-refractivity contribution in [3.63, 3.8) is 0 Å². The number of aromatic amines is 1. The van der Waals surface area contributed by atoms with Crippen molar-refractivity contribution in [2.45, 2.75) is 32.2 Å². The van der Waals surface area contributed by atoms with Crippen LogP contribution in [0.2, 0.25) is 0 Å². The van der Waals surface area contributed by atoms with Gasteiger partial charge in [0.15, 0.2) is 5.82 Å². The second kappa shape index (κ2) is 6.23. The van der Waals surface area contributed by atoms with E-state index in [1.165, 1.54) is 12.8 Å². The van der Waals surface area contributed by atoms with E-state index in [0.717, 1.165) is 24.5 Å². The largest absolute Gasteiger partial charge is 0.370 e. The number of hydrogen-bond donors (Lipinski definition) is 3. The van der Waals surface area contributed by atoms with Gasteiger partial charge in [-0.15, -0.1) is 10.2 Å². The molecule has 1 aromatic heterocycles. The van der Waals surface area contributed by atoms with Gasteiger partial charge in [0.1, 0.15) is 0 Å². The van der Waals surface area contributed by atoms with Crippen molar-refractivity contribution >= 4 is 17.4 Å². The molecule has 3 rings (SSSR count).